The molecule has 3 aliphatic rings. The van der Waals surface area contributed by atoms with Crippen LogP contribution in [0.3, 0.4) is 0 Å². The van der Waals surface area contributed by atoms with Crippen molar-refractivity contribution in [1.82, 2.24) is 36.2 Å². The van der Waals surface area contributed by atoms with Gasteiger partial charge in [-0.1, -0.05) is 73.6 Å². The van der Waals surface area contributed by atoms with Crippen LogP contribution in [0, 0.1) is 12.7 Å². The highest BCUT2D eigenvalue weighted by Gasteiger charge is 2.46. The zero-order valence-corrected chi connectivity index (χ0v) is 63.2. The van der Waals surface area contributed by atoms with Crippen LogP contribution in [0.25, 0.3) is 32.7 Å². The number of anilines is 1. The van der Waals surface area contributed by atoms with Crippen LogP contribution in [0.4, 0.5) is 14.9 Å². The monoisotopic (exact) mass is 1550 g/mol. The van der Waals surface area contributed by atoms with Gasteiger partial charge in [-0.25, -0.2) is 19.0 Å². The summed E-state index contributed by atoms with van der Waals surface area (Å²) in [4.78, 5) is 118. The average molecular weight is 1550 g/mol. The molecule has 3 aromatic carbocycles. The molecule has 0 spiro atoms. The highest BCUT2D eigenvalue weighted by atomic mass is 19.1. The number of azide groups is 1. The number of hydrazone groups is 1. The molecule has 33 heteroatoms. The lowest BCUT2D eigenvalue weighted by Crippen LogP contribution is -2.57. The number of cyclic esters (lactones) is 1. The molecule has 5 amide bonds. The Morgan fingerprint density at radius 3 is 1.98 bits per heavy atom. The number of aliphatic hydroxyl groups is 1. The van der Waals surface area contributed by atoms with Crippen molar-refractivity contribution in [2.24, 2.45) is 10.2 Å². The topological polar surface area (TPSA) is 409 Å². The van der Waals surface area contributed by atoms with Crippen LogP contribution < -0.4 is 37.6 Å². The molecule has 8 rings (SSSR count). The van der Waals surface area contributed by atoms with E-state index in [2.05, 4.69) is 60.4 Å². The predicted molar refractivity (Wildman–Crippen MR) is 405 cm³/mol. The summed E-state index contributed by atoms with van der Waals surface area (Å²) in [5, 5.41) is 33.5. The molecule has 7 N–H and O–H groups in total. The number of amides is 5. The number of aryl methyl sites for hydroxylation is 1. The van der Waals surface area contributed by atoms with Gasteiger partial charge in [0.1, 0.15) is 43.8 Å². The number of ether oxygens (including phenoxy) is 11. The number of aromatic nitrogens is 2. The Hall–Kier alpha value is -9.80. The van der Waals surface area contributed by atoms with Crippen LogP contribution in [0.5, 0.6) is 0 Å². The minimum absolute atomic E-state index is 0.0301. The number of unbranched alkanes of at least 4 members (excludes halogenated alkanes) is 3. The molecule has 0 radical (unpaired) electrons. The van der Waals surface area contributed by atoms with Crippen LogP contribution in [-0.4, -0.2) is 207 Å². The molecule has 4 heterocycles. The first-order valence-corrected chi connectivity index (χ1v) is 37.6. The largest absolute Gasteiger partial charge is 0.461 e. The van der Waals surface area contributed by atoms with E-state index in [-0.39, 0.29) is 95.8 Å². The second-order valence-corrected chi connectivity index (χ2v) is 26.5. The van der Waals surface area contributed by atoms with Crippen LogP contribution in [-0.2, 0) is 119 Å². The Morgan fingerprint density at radius 1 is 0.730 bits per heavy atom. The fourth-order valence-electron chi connectivity index (χ4n) is 12.9. The van der Waals surface area contributed by atoms with E-state index in [1.165, 1.54) is 16.7 Å². The summed E-state index contributed by atoms with van der Waals surface area (Å²) in [5.41, 5.74) is 13.8. The molecule has 32 nitrogen and oxygen atoms in total. The number of alkyl carbamates (subject to hydrolysis) is 1. The summed E-state index contributed by atoms with van der Waals surface area (Å²) >= 11 is 0. The number of hydrogen-bond acceptors (Lipinski definition) is 24. The lowest BCUT2D eigenvalue weighted by Gasteiger charge is -2.31. The van der Waals surface area contributed by atoms with Crippen LogP contribution >= 0.6 is 0 Å². The standard InChI is InChI=1S/C78H103FN12O20/c1-5-29-109-68(93)25-24-63(85-67(92)26-31-102-33-35-104-37-39-106-41-43-108-45-44-107-42-40-105-38-36-103-34-32-101-30-14-8-12-28-83-90-80)73(95)88-65(46-53-15-9-7-10-16-53)74(96)87-62(17-11-13-27-82-81-4)72(94)84-55-20-18-54(19-21-55)50-111-77(99)89-61-23-22-56-52(3)60(79)48-64-69(56)70(61)57-49-91-66(71(57)86-64)47-59-58(75(91)97)51-110-76(98)78(59,100)6-2/h5,7,9-10,15-16,18-21,47-48,61-63,65,82,100H,1,4,6,8,11-14,17,22-46,49-51H2,2-3H3,(H,84,94)(H,85,92)(H,87,96)(H,88,95)(H,89,99)/t61-,62-,63?,65-,78-/m0/s1. The van der Waals surface area contributed by atoms with Gasteiger partial charge in [-0.3, -0.25) is 28.8 Å². The predicted octanol–water partition coefficient (Wildman–Crippen LogP) is 6.96. The normalized spacial score (nSPS) is 15.3. The third-order valence-electron chi connectivity index (χ3n) is 18.8. The molecule has 5 atom stereocenters. The molecule has 1 unspecified atom stereocenters. The van der Waals surface area contributed by atoms with Crippen LogP contribution in [0.15, 0.2) is 94.4 Å². The van der Waals surface area contributed by atoms with Crippen molar-refractivity contribution >= 4 is 65.0 Å². The summed E-state index contributed by atoms with van der Waals surface area (Å²) in [6, 6.07) is 13.8. The summed E-state index contributed by atoms with van der Waals surface area (Å²) in [6.07, 6.45) is 4.49. The molecular weight excluding hydrogens is 1440 g/mol. The molecule has 0 saturated heterocycles. The van der Waals surface area contributed by atoms with Gasteiger partial charge in [0.2, 0.25) is 23.6 Å². The Morgan fingerprint density at radius 2 is 1.35 bits per heavy atom. The molecular formula is C78H103FN12O20. The van der Waals surface area contributed by atoms with E-state index in [4.69, 9.17) is 62.6 Å². The lowest BCUT2D eigenvalue weighted by atomic mass is 9.81. The van der Waals surface area contributed by atoms with Gasteiger partial charge < -0.3 is 93.8 Å². The van der Waals surface area contributed by atoms with Gasteiger partial charge in [-0.15, -0.1) is 0 Å². The van der Waals surface area contributed by atoms with E-state index in [0.29, 0.717) is 180 Å². The molecule has 2 aliphatic heterocycles. The summed E-state index contributed by atoms with van der Waals surface area (Å²) in [7, 11) is 0. The molecule has 0 fully saturated rings. The zero-order chi connectivity index (χ0) is 79.2. The van der Waals surface area contributed by atoms with Crippen molar-refractivity contribution in [3.05, 3.63) is 151 Å². The van der Waals surface area contributed by atoms with Crippen molar-refractivity contribution in [3.63, 3.8) is 0 Å². The third-order valence-corrected chi connectivity index (χ3v) is 18.8. The molecule has 1 aliphatic carbocycles. The average Bonchev–Trinajstić information content (AvgIpc) is 1.61. The number of carbonyl (C=O) groups excluding carboxylic acids is 7. The van der Waals surface area contributed by atoms with Crippen molar-refractivity contribution in [3.8, 4) is 11.4 Å². The zero-order valence-electron chi connectivity index (χ0n) is 63.2. The van der Waals surface area contributed by atoms with Crippen molar-refractivity contribution in [1.29, 1.82) is 0 Å². The SMILES string of the molecule is C=CCOC(=O)CCC(NC(=O)CCOCCOCCOCCOCCOCCOCCOCCOCCCCCN=[N+]=[N-])C(=O)N[C@@H](Cc1ccccc1)C(=O)N[C@@H](CCCCNN=C)C(=O)Nc1ccc(COC(=O)N[C@H]2CCc3c(C)c(F)cc4nc5c(c2c34)Cn2c-5cc3c(c2=O)COC(=O)[C@]3(O)CC)cc1. The summed E-state index contributed by atoms with van der Waals surface area (Å²) in [6.45, 7) is 16.6. The fourth-order valence-corrected chi connectivity index (χ4v) is 12.9. The number of nitrogens with zero attached hydrogens (tertiary/aromatic N) is 6. The number of nitrogens with one attached hydrogen (secondary N) is 6. The first-order chi connectivity index (χ1) is 54.0. The number of rotatable bonds is 54. The Bertz CT molecular complexity index is 4030. The third kappa shape index (κ3) is 26.7. The Labute approximate surface area is 643 Å². The van der Waals surface area contributed by atoms with Crippen molar-refractivity contribution in [2.45, 2.75) is 147 Å². The molecule has 5 aromatic rings. The van der Waals surface area contributed by atoms with Gasteiger partial charge in [0.15, 0.2) is 5.60 Å². The van der Waals surface area contributed by atoms with Crippen LogP contribution in [0.2, 0.25) is 0 Å². The van der Waals surface area contributed by atoms with Gasteiger partial charge in [0.25, 0.3) is 5.56 Å². The van der Waals surface area contributed by atoms with E-state index >= 15 is 4.39 Å². The van der Waals surface area contributed by atoms with Crippen molar-refractivity contribution in [2.75, 3.05) is 131 Å². The van der Waals surface area contributed by atoms with E-state index in [0.717, 1.165) is 24.8 Å². The minimum atomic E-state index is -2.07. The van der Waals surface area contributed by atoms with Crippen LogP contribution in [0.1, 0.15) is 128 Å². The van der Waals surface area contributed by atoms with E-state index in [9.17, 15) is 43.5 Å². The number of carbonyl (C=O) groups is 7. The Balaban J connectivity index is 0.784. The van der Waals surface area contributed by atoms with Gasteiger partial charge in [-0.2, -0.15) is 5.10 Å². The van der Waals surface area contributed by atoms with Gasteiger partial charge >= 0.3 is 18.0 Å². The number of halogens is 1. The number of hydrogen-bond donors (Lipinski definition) is 7. The molecule has 602 valence electrons. The molecule has 0 saturated carbocycles. The second kappa shape index (κ2) is 46.8. The molecule has 111 heavy (non-hydrogen) atoms. The quantitative estimate of drug-likeness (QED) is 0.00233. The van der Waals surface area contributed by atoms with E-state index in [1.54, 1.807) is 74.5 Å². The molecule has 2 aromatic heterocycles. The maximum Gasteiger partial charge on any atom is 0.407 e. The highest BCUT2D eigenvalue weighted by molar-refractivity contribution is 5.99. The first kappa shape index (κ1) is 86.8. The number of pyridine rings is 2. The summed E-state index contributed by atoms with van der Waals surface area (Å²) in [5.74, 6) is -4.64. The molecule has 0 bridgehead atoms. The van der Waals surface area contributed by atoms with Gasteiger partial charge in [0.05, 0.1) is 134 Å². The number of benzene rings is 3. The lowest BCUT2D eigenvalue weighted by molar-refractivity contribution is -0.172. The maximum absolute atomic E-state index is 15.6. The first-order valence-electron chi connectivity index (χ1n) is 37.6. The maximum atomic E-state index is 15.6. The highest BCUT2D eigenvalue weighted by Crippen LogP contribution is 2.46. The minimum Gasteiger partial charge on any atom is -0.461 e. The summed E-state index contributed by atoms with van der Waals surface area (Å²) < 4.78 is 77.7. The fraction of sp³-hybridized carbons (Fsp3) is 0.538. The van der Waals surface area contributed by atoms with Crippen molar-refractivity contribution < 1.29 is 95.2 Å². The number of esters is 2. The number of fused-ring (bicyclic) bond motifs is 5. The van der Waals surface area contributed by atoms with E-state index in [1.807, 2.05) is 0 Å². The van der Waals surface area contributed by atoms with Gasteiger partial charge in [0, 0.05) is 78.9 Å². The second-order valence-electron chi connectivity index (χ2n) is 26.5. The smallest absolute Gasteiger partial charge is 0.407 e. The van der Waals surface area contributed by atoms with Gasteiger partial charge in [-0.05, 0) is 116 Å². The van der Waals surface area contributed by atoms with E-state index < -0.39 is 82.8 Å². The Kier molecular flexibility index (Phi) is 36.6.